The summed E-state index contributed by atoms with van der Waals surface area (Å²) in [5.74, 6) is 0.982. The van der Waals surface area contributed by atoms with E-state index in [0.717, 1.165) is 5.56 Å². The molecule has 0 aliphatic carbocycles. The van der Waals surface area contributed by atoms with Gasteiger partial charge in [-0.15, -0.1) is 0 Å². The van der Waals surface area contributed by atoms with Crippen LogP contribution < -0.4 is 0 Å². The summed E-state index contributed by atoms with van der Waals surface area (Å²) in [5, 5.41) is 12.8. The standard InChI is InChI=1S/C18H25N3O3/c1-13-19-16(24-20-13)14-6-8-15(9-7-14)17(23)21(10-5-11-22)12-18(2,3)4/h6-9,22H,5,10-12H2,1-4H3. The summed E-state index contributed by atoms with van der Waals surface area (Å²) in [5.41, 5.74) is 1.38. The first-order valence-corrected chi connectivity index (χ1v) is 8.11. The summed E-state index contributed by atoms with van der Waals surface area (Å²) in [6.07, 6.45) is 0.571. The van der Waals surface area contributed by atoms with Gasteiger partial charge in [-0.3, -0.25) is 4.79 Å². The minimum absolute atomic E-state index is 0.00760. The average Bonchev–Trinajstić information content (AvgIpc) is 2.96. The van der Waals surface area contributed by atoms with Crippen LogP contribution in [0.15, 0.2) is 28.8 Å². The molecule has 2 aromatic rings. The zero-order chi connectivity index (χ0) is 17.7. The number of carbonyl (C=O) groups excluding carboxylic acids is 1. The normalized spacial score (nSPS) is 11.5. The van der Waals surface area contributed by atoms with E-state index in [1.807, 2.05) is 12.1 Å². The molecule has 0 radical (unpaired) electrons. The number of rotatable bonds is 6. The molecule has 1 aromatic heterocycles. The molecule has 0 aliphatic heterocycles. The maximum absolute atomic E-state index is 12.8. The van der Waals surface area contributed by atoms with E-state index in [9.17, 15) is 4.79 Å². The number of aliphatic hydroxyl groups is 1. The van der Waals surface area contributed by atoms with Gasteiger partial charge in [0, 0.05) is 30.8 Å². The van der Waals surface area contributed by atoms with Crippen LogP contribution in [0.1, 0.15) is 43.4 Å². The number of amides is 1. The molecule has 0 aliphatic rings. The zero-order valence-corrected chi connectivity index (χ0v) is 14.7. The lowest BCUT2D eigenvalue weighted by Crippen LogP contribution is -2.38. The Morgan fingerprint density at radius 2 is 1.92 bits per heavy atom. The van der Waals surface area contributed by atoms with Crippen LogP contribution in [-0.4, -0.2) is 45.8 Å². The molecule has 0 fully saturated rings. The van der Waals surface area contributed by atoms with E-state index < -0.39 is 0 Å². The van der Waals surface area contributed by atoms with Crippen LogP contribution in [0.25, 0.3) is 11.5 Å². The van der Waals surface area contributed by atoms with Gasteiger partial charge < -0.3 is 14.5 Å². The molecule has 130 valence electrons. The lowest BCUT2D eigenvalue weighted by atomic mass is 9.95. The number of aliphatic hydroxyl groups excluding tert-OH is 1. The van der Waals surface area contributed by atoms with Crippen molar-refractivity contribution in [2.75, 3.05) is 19.7 Å². The van der Waals surface area contributed by atoms with Crippen molar-refractivity contribution in [1.82, 2.24) is 15.0 Å². The predicted octanol–water partition coefficient (Wildman–Crippen LogP) is 2.92. The lowest BCUT2D eigenvalue weighted by Gasteiger charge is -2.30. The van der Waals surface area contributed by atoms with Gasteiger partial charge in [-0.05, 0) is 43.0 Å². The van der Waals surface area contributed by atoms with Crippen molar-refractivity contribution < 1.29 is 14.4 Å². The highest BCUT2D eigenvalue weighted by molar-refractivity contribution is 5.94. The van der Waals surface area contributed by atoms with Crippen molar-refractivity contribution in [1.29, 1.82) is 0 Å². The van der Waals surface area contributed by atoms with Gasteiger partial charge in [0.2, 0.25) is 0 Å². The summed E-state index contributed by atoms with van der Waals surface area (Å²) in [6, 6.07) is 7.15. The third-order valence-corrected chi connectivity index (χ3v) is 3.44. The van der Waals surface area contributed by atoms with E-state index in [0.29, 0.717) is 36.8 Å². The first-order valence-electron chi connectivity index (χ1n) is 8.11. The molecule has 6 heteroatoms. The van der Waals surface area contributed by atoms with Crippen LogP contribution in [0.3, 0.4) is 0 Å². The maximum Gasteiger partial charge on any atom is 0.257 e. The highest BCUT2D eigenvalue weighted by Gasteiger charge is 2.22. The van der Waals surface area contributed by atoms with Gasteiger partial charge in [-0.1, -0.05) is 25.9 Å². The predicted molar refractivity (Wildman–Crippen MR) is 91.5 cm³/mol. The smallest absolute Gasteiger partial charge is 0.257 e. The van der Waals surface area contributed by atoms with Gasteiger partial charge >= 0.3 is 0 Å². The molecule has 0 saturated heterocycles. The number of hydrogen-bond donors (Lipinski definition) is 1. The Kier molecular flexibility index (Phi) is 5.72. The summed E-state index contributed by atoms with van der Waals surface area (Å²) in [4.78, 5) is 18.7. The third kappa shape index (κ3) is 4.89. The number of hydrogen-bond acceptors (Lipinski definition) is 5. The van der Waals surface area contributed by atoms with E-state index in [2.05, 4.69) is 30.9 Å². The minimum Gasteiger partial charge on any atom is -0.396 e. The molecule has 0 saturated carbocycles. The summed E-state index contributed by atoms with van der Waals surface area (Å²) in [6.45, 7) is 9.28. The van der Waals surface area contributed by atoms with Crippen molar-refractivity contribution in [2.24, 2.45) is 5.41 Å². The number of aryl methyl sites for hydroxylation is 1. The summed E-state index contributed by atoms with van der Waals surface area (Å²) >= 11 is 0. The zero-order valence-electron chi connectivity index (χ0n) is 14.7. The second kappa shape index (κ2) is 7.57. The van der Waals surface area contributed by atoms with Crippen LogP contribution in [0.4, 0.5) is 0 Å². The maximum atomic E-state index is 12.8. The molecule has 0 unspecified atom stereocenters. The topological polar surface area (TPSA) is 79.5 Å². The fourth-order valence-electron chi connectivity index (χ4n) is 2.44. The Bertz CT molecular complexity index is 672. The third-order valence-electron chi connectivity index (χ3n) is 3.44. The number of benzene rings is 1. The Morgan fingerprint density at radius 1 is 1.25 bits per heavy atom. The summed E-state index contributed by atoms with van der Waals surface area (Å²) in [7, 11) is 0. The monoisotopic (exact) mass is 331 g/mol. The molecule has 24 heavy (non-hydrogen) atoms. The van der Waals surface area contributed by atoms with Crippen molar-refractivity contribution in [3.63, 3.8) is 0 Å². The molecular formula is C18H25N3O3. The summed E-state index contributed by atoms with van der Waals surface area (Å²) < 4.78 is 5.13. The highest BCUT2D eigenvalue weighted by atomic mass is 16.5. The highest BCUT2D eigenvalue weighted by Crippen LogP contribution is 2.20. The van der Waals surface area contributed by atoms with Crippen LogP contribution in [-0.2, 0) is 0 Å². The van der Waals surface area contributed by atoms with Gasteiger partial charge in [0.15, 0.2) is 5.82 Å². The Hall–Kier alpha value is -2.21. The van der Waals surface area contributed by atoms with Gasteiger partial charge in [0.25, 0.3) is 11.8 Å². The van der Waals surface area contributed by atoms with Crippen LogP contribution in [0, 0.1) is 12.3 Å². The van der Waals surface area contributed by atoms with E-state index in [1.54, 1.807) is 24.0 Å². The second-order valence-corrected chi connectivity index (χ2v) is 7.09. The first kappa shape index (κ1) is 18.1. The largest absolute Gasteiger partial charge is 0.396 e. The van der Waals surface area contributed by atoms with E-state index >= 15 is 0 Å². The number of aromatic nitrogens is 2. The SMILES string of the molecule is Cc1noc(-c2ccc(C(=O)N(CCCO)CC(C)(C)C)cc2)n1. The molecule has 1 amide bonds. The molecular weight excluding hydrogens is 306 g/mol. The Balaban J connectivity index is 2.16. The minimum atomic E-state index is -0.0355. The van der Waals surface area contributed by atoms with Crippen LogP contribution >= 0.6 is 0 Å². The molecule has 1 N–H and O–H groups in total. The van der Waals surface area contributed by atoms with Crippen LogP contribution in [0.2, 0.25) is 0 Å². The average molecular weight is 331 g/mol. The molecule has 2 rings (SSSR count). The van der Waals surface area contributed by atoms with Crippen molar-refractivity contribution in [3.8, 4) is 11.5 Å². The Labute approximate surface area is 142 Å². The molecule has 0 spiro atoms. The quantitative estimate of drug-likeness (QED) is 0.880. The van der Waals surface area contributed by atoms with E-state index in [-0.39, 0.29) is 17.9 Å². The van der Waals surface area contributed by atoms with E-state index in [4.69, 9.17) is 9.63 Å². The molecule has 6 nitrogen and oxygen atoms in total. The van der Waals surface area contributed by atoms with Crippen LogP contribution in [0.5, 0.6) is 0 Å². The molecule has 0 atom stereocenters. The van der Waals surface area contributed by atoms with E-state index in [1.165, 1.54) is 0 Å². The molecule has 1 heterocycles. The second-order valence-electron chi connectivity index (χ2n) is 7.09. The number of nitrogens with zero attached hydrogens (tertiary/aromatic N) is 3. The van der Waals surface area contributed by atoms with Crippen molar-refractivity contribution in [3.05, 3.63) is 35.7 Å². The van der Waals surface area contributed by atoms with Gasteiger partial charge in [-0.2, -0.15) is 4.98 Å². The number of carbonyl (C=O) groups is 1. The molecule has 0 bridgehead atoms. The van der Waals surface area contributed by atoms with Crippen molar-refractivity contribution >= 4 is 5.91 Å². The fourth-order valence-corrected chi connectivity index (χ4v) is 2.44. The van der Waals surface area contributed by atoms with Gasteiger partial charge in [0.1, 0.15) is 0 Å². The van der Waals surface area contributed by atoms with Gasteiger partial charge in [0.05, 0.1) is 0 Å². The van der Waals surface area contributed by atoms with Gasteiger partial charge in [-0.25, -0.2) is 0 Å². The fraction of sp³-hybridized carbons (Fsp3) is 0.500. The molecule has 1 aromatic carbocycles. The van der Waals surface area contributed by atoms with Crippen molar-refractivity contribution in [2.45, 2.75) is 34.1 Å². The lowest BCUT2D eigenvalue weighted by molar-refractivity contribution is 0.0682. The Morgan fingerprint density at radius 3 is 2.42 bits per heavy atom. The first-order chi connectivity index (χ1) is 11.3.